The minimum Gasteiger partial charge on any atom is -0.457 e. The van der Waals surface area contributed by atoms with Crippen LogP contribution in [-0.2, 0) is 0 Å². The Labute approximate surface area is 104 Å². The molecule has 0 aliphatic heterocycles. The van der Waals surface area contributed by atoms with Crippen LogP contribution in [0.3, 0.4) is 0 Å². The molecule has 0 saturated heterocycles. The Bertz CT molecular complexity index is 557. The first-order valence-corrected chi connectivity index (χ1v) is 5.50. The van der Waals surface area contributed by atoms with Gasteiger partial charge in [0, 0.05) is 23.9 Å². The normalized spacial score (nSPS) is 10.4. The van der Waals surface area contributed by atoms with E-state index in [1.54, 1.807) is 31.3 Å². The van der Waals surface area contributed by atoms with Gasteiger partial charge >= 0.3 is 0 Å². The molecule has 17 heavy (non-hydrogen) atoms. The molecule has 0 spiro atoms. The third-order valence-electron chi connectivity index (χ3n) is 2.39. The van der Waals surface area contributed by atoms with Crippen molar-refractivity contribution in [2.24, 2.45) is 0 Å². The lowest BCUT2D eigenvalue weighted by Crippen LogP contribution is -1.91. The van der Waals surface area contributed by atoms with Gasteiger partial charge in [-0.25, -0.2) is 9.37 Å². The van der Waals surface area contributed by atoms with Gasteiger partial charge in [0.25, 0.3) is 0 Å². The maximum Gasteiger partial charge on any atom is 0.134 e. The Morgan fingerprint density at radius 2 is 1.94 bits per heavy atom. The van der Waals surface area contributed by atoms with Crippen molar-refractivity contribution in [3.05, 3.63) is 52.6 Å². The molecule has 0 N–H and O–H groups in total. The van der Waals surface area contributed by atoms with Crippen LogP contribution in [0.15, 0.2) is 30.5 Å². The predicted molar refractivity (Wildman–Crippen MR) is 65.2 cm³/mol. The van der Waals surface area contributed by atoms with Crippen molar-refractivity contribution in [1.82, 2.24) is 4.98 Å². The standard InChI is InChI=1S/C13H11ClFNO/c1-8-3-4-10(5-11(8)15)17-12-6-13(14)16-7-9(12)2/h3-7H,1-2H3. The topological polar surface area (TPSA) is 22.1 Å². The fourth-order valence-electron chi connectivity index (χ4n) is 1.36. The molecule has 88 valence electrons. The number of benzene rings is 1. The first kappa shape index (κ1) is 11.9. The molecule has 0 bridgehead atoms. The van der Waals surface area contributed by atoms with Crippen molar-refractivity contribution in [2.45, 2.75) is 13.8 Å². The first-order chi connectivity index (χ1) is 8.06. The molecule has 0 radical (unpaired) electrons. The quantitative estimate of drug-likeness (QED) is 0.743. The fourth-order valence-corrected chi connectivity index (χ4v) is 1.50. The molecule has 2 rings (SSSR count). The second-order valence-corrected chi connectivity index (χ2v) is 4.17. The van der Waals surface area contributed by atoms with Crippen LogP contribution in [0.2, 0.25) is 5.15 Å². The smallest absolute Gasteiger partial charge is 0.134 e. The van der Waals surface area contributed by atoms with Gasteiger partial charge in [-0.2, -0.15) is 0 Å². The lowest BCUT2D eigenvalue weighted by molar-refractivity contribution is 0.472. The Morgan fingerprint density at radius 3 is 2.65 bits per heavy atom. The number of ether oxygens (including phenoxy) is 1. The van der Waals surface area contributed by atoms with E-state index >= 15 is 0 Å². The van der Waals surface area contributed by atoms with Crippen LogP contribution in [-0.4, -0.2) is 4.98 Å². The van der Waals surface area contributed by atoms with E-state index in [9.17, 15) is 4.39 Å². The molecule has 4 heteroatoms. The molecule has 0 unspecified atom stereocenters. The summed E-state index contributed by atoms with van der Waals surface area (Å²) in [6.07, 6.45) is 1.61. The monoisotopic (exact) mass is 251 g/mol. The molecule has 0 saturated carbocycles. The van der Waals surface area contributed by atoms with Gasteiger partial charge in [-0.15, -0.1) is 0 Å². The van der Waals surface area contributed by atoms with Crippen LogP contribution in [0.25, 0.3) is 0 Å². The van der Waals surface area contributed by atoms with Crippen molar-refractivity contribution >= 4 is 11.6 Å². The molecule has 1 aromatic heterocycles. The highest BCUT2D eigenvalue weighted by atomic mass is 35.5. The molecule has 1 heterocycles. The molecule has 2 aromatic rings. The van der Waals surface area contributed by atoms with Gasteiger partial charge in [-0.05, 0) is 25.5 Å². The van der Waals surface area contributed by atoms with E-state index in [0.29, 0.717) is 22.2 Å². The fraction of sp³-hybridized carbons (Fsp3) is 0.154. The van der Waals surface area contributed by atoms with E-state index in [-0.39, 0.29) is 5.82 Å². The molecular weight excluding hydrogens is 241 g/mol. The highest BCUT2D eigenvalue weighted by molar-refractivity contribution is 6.29. The minimum atomic E-state index is -0.291. The number of aryl methyl sites for hydroxylation is 2. The van der Waals surface area contributed by atoms with Gasteiger partial charge in [-0.1, -0.05) is 17.7 Å². The van der Waals surface area contributed by atoms with Crippen molar-refractivity contribution in [1.29, 1.82) is 0 Å². The number of rotatable bonds is 2. The highest BCUT2D eigenvalue weighted by Crippen LogP contribution is 2.27. The molecule has 0 amide bonds. The summed E-state index contributed by atoms with van der Waals surface area (Å²) in [4.78, 5) is 3.92. The van der Waals surface area contributed by atoms with Crippen molar-refractivity contribution in [3.8, 4) is 11.5 Å². The second-order valence-electron chi connectivity index (χ2n) is 3.79. The SMILES string of the molecule is Cc1ccc(Oc2cc(Cl)ncc2C)cc1F. The average Bonchev–Trinajstić information content (AvgIpc) is 2.29. The van der Waals surface area contributed by atoms with Crippen LogP contribution in [0.1, 0.15) is 11.1 Å². The van der Waals surface area contributed by atoms with E-state index < -0.39 is 0 Å². The zero-order valence-corrected chi connectivity index (χ0v) is 10.3. The zero-order chi connectivity index (χ0) is 12.4. The number of hydrogen-bond acceptors (Lipinski definition) is 2. The maximum atomic E-state index is 13.3. The van der Waals surface area contributed by atoms with E-state index in [1.165, 1.54) is 6.07 Å². The number of hydrogen-bond donors (Lipinski definition) is 0. The lowest BCUT2D eigenvalue weighted by atomic mass is 10.2. The Kier molecular flexibility index (Phi) is 3.29. The van der Waals surface area contributed by atoms with Crippen LogP contribution in [0, 0.1) is 19.7 Å². The molecule has 0 aliphatic carbocycles. The molecule has 0 fully saturated rings. The summed E-state index contributed by atoms with van der Waals surface area (Å²) >= 11 is 5.77. The van der Waals surface area contributed by atoms with Crippen molar-refractivity contribution < 1.29 is 9.13 Å². The van der Waals surface area contributed by atoms with E-state index in [1.807, 2.05) is 6.92 Å². The maximum absolute atomic E-state index is 13.3. The van der Waals surface area contributed by atoms with Gasteiger partial charge < -0.3 is 4.74 Å². The summed E-state index contributed by atoms with van der Waals surface area (Å²) in [5.41, 5.74) is 1.43. The number of aromatic nitrogens is 1. The Hall–Kier alpha value is -1.61. The third-order valence-corrected chi connectivity index (χ3v) is 2.60. The number of nitrogens with zero attached hydrogens (tertiary/aromatic N) is 1. The highest BCUT2D eigenvalue weighted by Gasteiger charge is 2.05. The average molecular weight is 252 g/mol. The summed E-state index contributed by atoms with van der Waals surface area (Å²) in [6, 6.07) is 6.34. The Balaban J connectivity index is 2.31. The van der Waals surface area contributed by atoms with E-state index in [0.717, 1.165) is 5.56 Å². The molecular formula is C13H11ClFNO. The predicted octanol–water partition coefficient (Wildman–Crippen LogP) is 4.28. The summed E-state index contributed by atoms with van der Waals surface area (Å²) in [5, 5.41) is 0.346. The van der Waals surface area contributed by atoms with Crippen LogP contribution >= 0.6 is 11.6 Å². The largest absolute Gasteiger partial charge is 0.457 e. The van der Waals surface area contributed by atoms with Gasteiger partial charge in [-0.3, -0.25) is 0 Å². The zero-order valence-electron chi connectivity index (χ0n) is 9.50. The lowest BCUT2D eigenvalue weighted by Gasteiger charge is -2.09. The van der Waals surface area contributed by atoms with Gasteiger partial charge in [0.1, 0.15) is 22.5 Å². The van der Waals surface area contributed by atoms with Gasteiger partial charge in [0.2, 0.25) is 0 Å². The third kappa shape index (κ3) is 2.74. The molecule has 0 aliphatic rings. The number of pyridine rings is 1. The summed E-state index contributed by atoms with van der Waals surface area (Å²) in [6.45, 7) is 3.55. The molecule has 1 aromatic carbocycles. The van der Waals surface area contributed by atoms with E-state index in [4.69, 9.17) is 16.3 Å². The number of halogens is 2. The van der Waals surface area contributed by atoms with Crippen LogP contribution in [0.4, 0.5) is 4.39 Å². The van der Waals surface area contributed by atoms with Crippen molar-refractivity contribution in [2.75, 3.05) is 0 Å². The summed E-state index contributed by atoms with van der Waals surface area (Å²) in [7, 11) is 0. The van der Waals surface area contributed by atoms with Gasteiger partial charge in [0.05, 0.1) is 0 Å². The van der Waals surface area contributed by atoms with Gasteiger partial charge in [0.15, 0.2) is 0 Å². The molecule has 0 atom stereocenters. The van der Waals surface area contributed by atoms with E-state index in [2.05, 4.69) is 4.98 Å². The molecule has 2 nitrogen and oxygen atoms in total. The Morgan fingerprint density at radius 1 is 1.18 bits per heavy atom. The summed E-state index contributed by atoms with van der Waals surface area (Å²) < 4.78 is 18.9. The van der Waals surface area contributed by atoms with Crippen LogP contribution in [0.5, 0.6) is 11.5 Å². The summed E-state index contributed by atoms with van der Waals surface area (Å²) in [5.74, 6) is 0.729. The second kappa shape index (κ2) is 4.72. The first-order valence-electron chi connectivity index (χ1n) is 5.12. The minimum absolute atomic E-state index is 0.291. The van der Waals surface area contributed by atoms with Crippen molar-refractivity contribution in [3.63, 3.8) is 0 Å². The van der Waals surface area contributed by atoms with Crippen LogP contribution < -0.4 is 4.74 Å².